The maximum Gasteiger partial charge on any atom is 0.139 e. The second-order valence-corrected chi connectivity index (χ2v) is 21.4. The molecule has 0 aromatic heterocycles. The van der Waals surface area contributed by atoms with Gasteiger partial charge in [-0.1, -0.05) is 116 Å². The minimum atomic E-state index is -1.15. The molecule has 1 aliphatic heterocycles. The molecular formula is C47H52N4OP2. The lowest BCUT2D eigenvalue weighted by atomic mass is 9.72. The predicted octanol–water partition coefficient (Wildman–Crippen LogP) is 8.56. The van der Waals surface area contributed by atoms with Gasteiger partial charge < -0.3 is 27.7 Å². The molecule has 0 amide bonds. The van der Waals surface area contributed by atoms with E-state index in [1.54, 1.807) is 0 Å². The van der Waals surface area contributed by atoms with Crippen molar-refractivity contribution in [3.63, 3.8) is 0 Å². The second-order valence-electron chi connectivity index (χ2n) is 17.0. The molecule has 7 rings (SSSR count). The zero-order valence-corrected chi connectivity index (χ0v) is 34.4. The average molecular weight is 751 g/mol. The van der Waals surface area contributed by atoms with Gasteiger partial charge >= 0.3 is 0 Å². The number of rotatable bonds is 6. The highest BCUT2D eigenvalue weighted by molar-refractivity contribution is 7.80. The number of hydrogen-bond donors (Lipinski definition) is 4. The Morgan fingerprint density at radius 1 is 0.444 bits per heavy atom. The van der Waals surface area contributed by atoms with Gasteiger partial charge in [-0.25, -0.2) is 0 Å². The molecule has 6 aromatic rings. The summed E-state index contributed by atoms with van der Waals surface area (Å²) in [6.45, 7) is 18.4. The van der Waals surface area contributed by atoms with Gasteiger partial charge in [-0.3, -0.25) is 0 Å². The van der Waals surface area contributed by atoms with Gasteiger partial charge in [-0.05, 0) is 120 Å². The molecule has 5 nitrogen and oxygen atoms in total. The first-order valence-electron chi connectivity index (χ1n) is 18.5. The third-order valence-electron chi connectivity index (χ3n) is 10.4. The lowest BCUT2D eigenvalue weighted by Crippen LogP contribution is -2.35. The fourth-order valence-corrected chi connectivity index (χ4v) is 12.4. The van der Waals surface area contributed by atoms with E-state index >= 15 is 0 Å². The van der Waals surface area contributed by atoms with Gasteiger partial charge in [0, 0.05) is 49.9 Å². The lowest BCUT2D eigenvalue weighted by molar-refractivity contribution is 0.421. The maximum atomic E-state index is 7.59. The largest absolute Gasteiger partial charge is 0.455 e. The Bertz CT molecular complexity index is 2130. The third kappa shape index (κ3) is 7.08. The molecule has 0 aliphatic carbocycles. The predicted molar refractivity (Wildman–Crippen MR) is 238 cm³/mol. The molecular weight excluding hydrogens is 698 g/mol. The van der Waals surface area contributed by atoms with Crippen molar-refractivity contribution in [2.75, 3.05) is 22.9 Å². The van der Waals surface area contributed by atoms with Crippen LogP contribution in [0.2, 0.25) is 0 Å². The van der Waals surface area contributed by atoms with Crippen molar-refractivity contribution in [1.82, 2.24) is 0 Å². The fraction of sp³-hybridized carbons (Fsp3) is 0.234. The van der Waals surface area contributed by atoms with E-state index in [9.17, 15) is 0 Å². The van der Waals surface area contributed by atoms with Gasteiger partial charge in [0.1, 0.15) is 11.5 Å². The van der Waals surface area contributed by atoms with E-state index in [2.05, 4.69) is 128 Å². The van der Waals surface area contributed by atoms with E-state index in [0.29, 0.717) is 0 Å². The summed E-state index contributed by atoms with van der Waals surface area (Å²) in [5, 5.41) is 6.85. The van der Waals surface area contributed by atoms with Crippen LogP contribution in [0.1, 0.15) is 77.6 Å². The van der Waals surface area contributed by atoms with E-state index < -0.39 is 21.3 Å². The van der Waals surface area contributed by atoms with Crippen LogP contribution in [0.5, 0.6) is 11.5 Å². The van der Waals surface area contributed by atoms with Crippen molar-refractivity contribution in [3.8, 4) is 11.5 Å². The quantitative estimate of drug-likeness (QED) is 0.101. The van der Waals surface area contributed by atoms with Crippen LogP contribution in [0.3, 0.4) is 0 Å². The normalized spacial score (nSPS) is 13.7. The van der Waals surface area contributed by atoms with Crippen LogP contribution in [0.4, 0.5) is 22.7 Å². The number of nitrogen functional groups attached to an aromatic ring is 4. The van der Waals surface area contributed by atoms with E-state index in [-0.39, 0.29) is 10.8 Å². The number of nitrogens with two attached hydrogens (primary N) is 4. The van der Waals surface area contributed by atoms with Crippen LogP contribution in [0.15, 0.2) is 121 Å². The Morgan fingerprint density at radius 2 is 0.741 bits per heavy atom. The molecule has 276 valence electrons. The summed E-state index contributed by atoms with van der Waals surface area (Å²) in [7, 11) is -2.29. The number of hydrogen-bond acceptors (Lipinski definition) is 5. The van der Waals surface area contributed by atoms with Gasteiger partial charge in [0.05, 0.1) is 0 Å². The first-order valence-corrected chi connectivity index (χ1v) is 21.2. The van der Waals surface area contributed by atoms with Gasteiger partial charge in [0.15, 0.2) is 0 Å². The van der Waals surface area contributed by atoms with Gasteiger partial charge in [-0.15, -0.1) is 0 Å². The molecule has 0 bridgehead atoms. The molecule has 0 unspecified atom stereocenters. The monoisotopic (exact) mass is 750 g/mol. The highest BCUT2D eigenvalue weighted by Crippen LogP contribution is 2.54. The molecule has 0 saturated carbocycles. The molecule has 8 N–H and O–H groups in total. The first-order chi connectivity index (χ1) is 25.4. The van der Waals surface area contributed by atoms with Crippen molar-refractivity contribution in [2.24, 2.45) is 0 Å². The standard InChI is InChI=1S/C47H52N4OP2/c1-45(2,3)29-21-39-43(41(23-29)53(35-17-9-13-31(48)25-35)36-18-10-14-32(49)26-36)52-44-40(47(39,7)8)22-30(46(4,5)6)24-42(44)54(37-19-11-15-33(50)27-37)38-20-12-16-34(51)28-38/h9-28H,48-51H2,1-8H3. The smallest absolute Gasteiger partial charge is 0.139 e. The minimum absolute atomic E-state index is 0.125. The van der Waals surface area contributed by atoms with Crippen LogP contribution in [-0.4, -0.2) is 0 Å². The average Bonchev–Trinajstić information content (AvgIpc) is 3.08. The molecule has 1 heterocycles. The third-order valence-corrected chi connectivity index (χ3v) is 15.2. The fourth-order valence-electron chi connectivity index (χ4n) is 7.33. The maximum absolute atomic E-state index is 7.59. The summed E-state index contributed by atoms with van der Waals surface area (Å²) in [4.78, 5) is 0. The summed E-state index contributed by atoms with van der Waals surface area (Å²) in [6.07, 6.45) is 0. The Kier molecular flexibility index (Phi) is 9.58. The van der Waals surface area contributed by atoms with E-state index in [4.69, 9.17) is 27.7 Å². The Morgan fingerprint density at radius 3 is 1.00 bits per heavy atom. The number of anilines is 4. The van der Waals surface area contributed by atoms with E-state index in [1.807, 2.05) is 48.5 Å². The van der Waals surface area contributed by atoms with Crippen LogP contribution in [0.25, 0.3) is 0 Å². The Hall–Kier alpha value is -4.82. The molecule has 0 atom stereocenters. The number of ether oxygens (including phenoxy) is 1. The lowest BCUT2D eigenvalue weighted by Gasteiger charge is -2.41. The van der Waals surface area contributed by atoms with E-state index in [0.717, 1.165) is 66.1 Å². The van der Waals surface area contributed by atoms with Gasteiger partial charge in [-0.2, -0.15) is 0 Å². The van der Waals surface area contributed by atoms with Crippen molar-refractivity contribution in [2.45, 2.75) is 71.6 Å². The molecule has 6 aromatic carbocycles. The molecule has 0 radical (unpaired) electrons. The van der Waals surface area contributed by atoms with Crippen molar-refractivity contribution >= 4 is 70.4 Å². The zero-order chi connectivity index (χ0) is 38.7. The van der Waals surface area contributed by atoms with Gasteiger partial charge in [0.2, 0.25) is 0 Å². The zero-order valence-electron chi connectivity index (χ0n) is 32.7. The molecule has 1 aliphatic rings. The SMILES string of the molecule is CC(C)(C)c1cc(P(c2cccc(N)c2)c2cccc(N)c2)c2c(c1)C(C)(C)c1cc(C(C)(C)C)cc(P(c3cccc(N)c3)c3cccc(N)c3)c1O2. The van der Waals surface area contributed by atoms with E-state index in [1.165, 1.54) is 22.3 Å². The minimum Gasteiger partial charge on any atom is -0.455 e. The van der Waals surface area contributed by atoms with Crippen molar-refractivity contribution in [3.05, 3.63) is 144 Å². The van der Waals surface area contributed by atoms with Crippen LogP contribution in [0, 0.1) is 0 Å². The first kappa shape index (κ1) is 37.5. The number of fused-ring (bicyclic) bond motifs is 2. The van der Waals surface area contributed by atoms with Crippen LogP contribution < -0.4 is 59.5 Å². The molecule has 7 heteroatoms. The molecule has 0 spiro atoms. The highest BCUT2D eigenvalue weighted by Gasteiger charge is 2.42. The summed E-state index contributed by atoms with van der Waals surface area (Å²) < 4.78 is 7.59. The Balaban J connectivity index is 1.59. The van der Waals surface area contributed by atoms with Gasteiger partial charge in [0.25, 0.3) is 0 Å². The summed E-state index contributed by atoms with van der Waals surface area (Å²) >= 11 is 0. The van der Waals surface area contributed by atoms with Crippen molar-refractivity contribution in [1.29, 1.82) is 0 Å². The topological polar surface area (TPSA) is 113 Å². The van der Waals surface area contributed by atoms with Crippen molar-refractivity contribution < 1.29 is 4.74 Å². The summed E-state index contributed by atoms with van der Waals surface area (Å²) in [5.41, 5.74) is 33.1. The second kappa shape index (κ2) is 13.8. The molecule has 54 heavy (non-hydrogen) atoms. The van der Waals surface area contributed by atoms with Crippen LogP contribution in [-0.2, 0) is 16.2 Å². The Labute approximate surface area is 323 Å². The van der Waals surface area contributed by atoms with Crippen LogP contribution >= 0.6 is 15.8 Å². The summed E-state index contributed by atoms with van der Waals surface area (Å²) in [6, 6.07) is 42.6. The highest BCUT2D eigenvalue weighted by atomic mass is 31.1. The number of benzene rings is 6. The molecule has 0 saturated heterocycles. The summed E-state index contributed by atoms with van der Waals surface area (Å²) in [5.74, 6) is 1.80. The molecule has 0 fully saturated rings.